The lowest BCUT2D eigenvalue weighted by Crippen LogP contribution is -2.36. The first-order valence-corrected chi connectivity index (χ1v) is 10.1. The number of hydrogen-bond donors (Lipinski definition) is 2. The second kappa shape index (κ2) is 10.5. The summed E-state index contributed by atoms with van der Waals surface area (Å²) >= 11 is 1.37. The number of amides is 1. The number of aliphatic carboxylic acids is 1. The van der Waals surface area contributed by atoms with Crippen LogP contribution in [-0.4, -0.2) is 27.2 Å². The zero-order chi connectivity index (χ0) is 18.9. The van der Waals surface area contributed by atoms with Gasteiger partial charge in [-0.05, 0) is 32.1 Å². The highest BCUT2D eigenvalue weighted by Gasteiger charge is 2.40. The molecule has 0 radical (unpaired) electrons. The van der Waals surface area contributed by atoms with Crippen LogP contribution in [0.25, 0.3) is 0 Å². The standard InChI is InChI=1S/C18H31N3O3S/c1-5-9-11-18(8-4,16(23)24)12-13(10-6-2)15(22)19-17-21-20-14(7-3)25-17/h13H,5-12H2,1-4H3,(H,23,24)(H,19,21,22). The Morgan fingerprint density at radius 2 is 1.92 bits per heavy atom. The SMILES string of the molecule is CCCCC(CC)(CC(CCC)C(=O)Nc1nnc(CC)s1)C(=O)O. The fourth-order valence-electron chi connectivity index (χ4n) is 3.08. The maximum atomic E-state index is 12.7. The lowest BCUT2D eigenvalue weighted by Gasteiger charge is -2.31. The second-order valence-corrected chi connectivity index (χ2v) is 7.64. The van der Waals surface area contributed by atoms with Crippen molar-refractivity contribution < 1.29 is 14.7 Å². The van der Waals surface area contributed by atoms with Gasteiger partial charge in [-0.3, -0.25) is 9.59 Å². The van der Waals surface area contributed by atoms with Gasteiger partial charge in [0, 0.05) is 5.92 Å². The van der Waals surface area contributed by atoms with Crippen LogP contribution in [0.5, 0.6) is 0 Å². The van der Waals surface area contributed by atoms with Crippen LogP contribution in [0.4, 0.5) is 5.13 Å². The van der Waals surface area contributed by atoms with Crippen LogP contribution < -0.4 is 5.32 Å². The zero-order valence-electron chi connectivity index (χ0n) is 15.8. The number of anilines is 1. The van der Waals surface area contributed by atoms with E-state index in [4.69, 9.17) is 0 Å². The minimum Gasteiger partial charge on any atom is -0.481 e. The number of hydrogen-bond acceptors (Lipinski definition) is 5. The Morgan fingerprint density at radius 1 is 1.20 bits per heavy atom. The first-order chi connectivity index (χ1) is 11.9. The van der Waals surface area contributed by atoms with E-state index in [1.165, 1.54) is 11.3 Å². The van der Waals surface area contributed by atoms with E-state index in [1.807, 2.05) is 20.8 Å². The van der Waals surface area contributed by atoms with Crippen LogP contribution in [0.3, 0.4) is 0 Å². The molecule has 0 saturated heterocycles. The van der Waals surface area contributed by atoms with Gasteiger partial charge in [0.1, 0.15) is 5.01 Å². The molecule has 2 N–H and O–H groups in total. The maximum absolute atomic E-state index is 12.7. The second-order valence-electron chi connectivity index (χ2n) is 6.58. The Morgan fingerprint density at radius 3 is 2.40 bits per heavy atom. The first kappa shape index (κ1) is 21.5. The highest BCUT2D eigenvalue weighted by Crippen LogP contribution is 2.38. The summed E-state index contributed by atoms with van der Waals surface area (Å²) in [7, 11) is 0. The topological polar surface area (TPSA) is 92.2 Å². The van der Waals surface area contributed by atoms with Crippen molar-refractivity contribution in [3.8, 4) is 0 Å². The molecule has 2 atom stereocenters. The molecule has 25 heavy (non-hydrogen) atoms. The van der Waals surface area contributed by atoms with Crippen LogP contribution >= 0.6 is 11.3 Å². The van der Waals surface area contributed by atoms with Gasteiger partial charge in [-0.2, -0.15) is 0 Å². The van der Waals surface area contributed by atoms with E-state index in [9.17, 15) is 14.7 Å². The molecule has 142 valence electrons. The number of aromatic nitrogens is 2. The summed E-state index contributed by atoms with van der Waals surface area (Å²) in [5, 5.41) is 22.0. The predicted molar refractivity (Wildman–Crippen MR) is 101 cm³/mol. The molecule has 1 amide bonds. The number of carbonyl (C=O) groups excluding carboxylic acids is 1. The third-order valence-corrected chi connectivity index (χ3v) is 5.77. The van der Waals surface area contributed by atoms with Gasteiger partial charge in [-0.1, -0.05) is 58.3 Å². The van der Waals surface area contributed by atoms with Gasteiger partial charge < -0.3 is 10.4 Å². The third kappa shape index (κ3) is 6.06. The molecule has 6 nitrogen and oxygen atoms in total. The Hall–Kier alpha value is -1.50. The monoisotopic (exact) mass is 369 g/mol. The molecule has 0 aliphatic rings. The molecule has 0 fully saturated rings. The van der Waals surface area contributed by atoms with Crippen LogP contribution in [-0.2, 0) is 16.0 Å². The summed E-state index contributed by atoms with van der Waals surface area (Å²) in [5.74, 6) is -1.26. The highest BCUT2D eigenvalue weighted by atomic mass is 32.1. The molecule has 0 aliphatic carbocycles. The van der Waals surface area contributed by atoms with E-state index in [1.54, 1.807) is 0 Å². The van der Waals surface area contributed by atoms with Crippen molar-refractivity contribution in [2.45, 2.75) is 79.1 Å². The van der Waals surface area contributed by atoms with E-state index in [0.29, 0.717) is 30.8 Å². The van der Waals surface area contributed by atoms with Crippen molar-refractivity contribution in [3.05, 3.63) is 5.01 Å². The Balaban J connectivity index is 2.91. The smallest absolute Gasteiger partial charge is 0.309 e. The Kier molecular flexibility index (Phi) is 9.03. The Bertz CT molecular complexity index is 562. The molecule has 2 unspecified atom stereocenters. The van der Waals surface area contributed by atoms with Crippen molar-refractivity contribution >= 4 is 28.3 Å². The minimum atomic E-state index is -0.830. The van der Waals surface area contributed by atoms with E-state index in [-0.39, 0.29) is 11.8 Å². The average Bonchev–Trinajstić information content (AvgIpc) is 3.05. The molecule has 0 spiro atoms. The molecule has 1 rings (SSSR count). The number of aryl methyl sites for hydroxylation is 1. The quantitative estimate of drug-likeness (QED) is 0.565. The number of unbranched alkanes of at least 4 members (excludes halogenated alkanes) is 1. The van der Waals surface area contributed by atoms with Crippen molar-refractivity contribution in [1.82, 2.24) is 10.2 Å². The molecule has 7 heteroatoms. The maximum Gasteiger partial charge on any atom is 0.309 e. The molecule has 0 saturated carbocycles. The van der Waals surface area contributed by atoms with Gasteiger partial charge in [0.25, 0.3) is 0 Å². The van der Waals surface area contributed by atoms with Gasteiger partial charge in [0.05, 0.1) is 5.41 Å². The van der Waals surface area contributed by atoms with Crippen molar-refractivity contribution in [2.75, 3.05) is 5.32 Å². The van der Waals surface area contributed by atoms with Crippen LogP contribution in [0.15, 0.2) is 0 Å². The minimum absolute atomic E-state index is 0.142. The number of nitrogens with one attached hydrogen (secondary N) is 1. The molecule has 0 bridgehead atoms. The largest absolute Gasteiger partial charge is 0.481 e. The number of carboxylic acid groups (broad SMARTS) is 1. The van der Waals surface area contributed by atoms with E-state index >= 15 is 0 Å². The summed E-state index contributed by atoms with van der Waals surface area (Å²) in [4.78, 5) is 24.7. The average molecular weight is 370 g/mol. The summed E-state index contributed by atoms with van der Waals surface area (Å²) in [6.45, 7) is 7.96. The lowest BCUT2D eigenvalue weighted by molar-refractivity contribution is -0.151. The predicted octanol–water partition coefficient (Wildman–Crippen LogP) is 4.52. The molecule has 0 aliphatic heterocycles. The summed E-state index contributed by atoms with van der Waals surface area (Å²) in [6, 6.07) is 0. The molecule has 1 heterocycles. The van der Waals surface area contributed by atoms with Crippen molar-refractivity contribution in [1.29, 1.82) is 0 Å². The fraction of sp³-hybridized carbons (Fsp3) is 0.778. The highest BCUT2D eigenvalue weighted by molar-refractivity contribution is 7.15. The van der Waals surface area contributed by atoms with Gasteiger partial charge in [0.2, 0.25) is 11.0 Å². The number of carboxylic acids is 1. The van der Waals surface area contributed by atoms with Gasteiger partial charge >= 0.3 is 5.97 Å². The summed E-state index contributed by atoms with van der Waals surface area (Å²) in [6.07, 6.45) is 5.62. The third-order valence-electron chi connectivity index (χ3n) is 4.78. The van der Waals surface area contributed by atoms with E-state index in [0.717, 1.165) is 30.7 Å². The molecular weight excluding hydrogens is 338 g/mol. The molecular formula is C18H31N3O3S. The van der Waals surface area contributed by atoms with Crippen LogP contribution in [0.2, 0.25) is 0 Å². The molecule has 0 aromatic carbocycles. The normalized spacial score (nSPS) is 14.7. The summed E-state index contributed by atoms with van der Waals surface area (Å²) < 4.78 is 0. The number of nitrogens with zero attached hydrogens (tertiary/aromatic N) is 2. The Labute approximate surface area is 154 Å². The van der Waals surface area contributed by atoms with Crippen LogP contribution in [0, 0.1) is 11.3 Å². The van der Waals surface area contributed by atoms with Crippen molar-refractivity contribution in [2.24, 2.45) is 11.3 Å². The lowest BCUT2D eigenvalue weighted by atomic mass is 9.72. The van der Waals surface area contributed by atoms with Crippen LogP contribution in [0.1, 0.15) is 77.6 Å². The zero-order valence-corrected chi connectivity index (χ0v) is 16.6. The van der Waals surface area contributed by atoms with Gasteiger partial charge in [-0.15, -0.1) is 10.2 Å². The van der Waals surface area contributed by atoms with Gasteiger partial charge in [-0.25, -0.2) is 0 Å². The fourth-order valence-corrected chi connectivity index (χ4v) is 3.77. The summed E-state index contributed by atoms with van der Waals surface area (Å²) in [5.41, 5.74) is -0.830. The van der Waals surface area contributed by atoms with Crippen molar-refractivity contribution in [3.63, 3.8) is 0 Å². The number of carbonyl (C=O) groups is 2. The number of rotatable bonds is 12. The molecule has 1 aromatic rings. The molecule has 1 aromatic heterocycles. The van der Waals surface area contributed by atoms with E-state index < -0.39 is 11.4 Å². The first-order valence-electron chi connectivity index (χ1n) is 9.29. The van der Waals surface area contributed by atoms with Gasteiger partial charge in [0.15, 0.2) is 0 Å². The van der Waals surface area contributed by atoms with E-state index in [2.05, 4.69) is 22.4 Å².